The number of nitrogens with two attached hydrogens (primary N) is 2. The fraction of sp³-hybridized carbons (Fsp3) is 0.651. The Morgan fingerprint density at radius 1 is 0.769 bits per heavy atom. The van der Waals surface area contributed by atoms with E-state index >= 15 is 0 Å². The number of benzene rings is 1. The van der Waals surface area contributed by atoms with Crippen molar-refractivity contribution in [1.29, 1.82) is 0 Å². The van der Waals surface area contributed by atoms with E-state index in [4.69, 9.17) is 11.5 Å². The van der Waals surface area contributed by atoms with Crippen molar-refractivity contribution in [3.05, 3.63) is 35.9 Å². The minimum absolute atomic E-state index is 0.0133. The van der Waals surface area contributed by atoms with Crippen LogP contribution in [0, 0.1) is 11.8 Å². The second-order valence-corrected chi connectivity index (χ2v) is 17.7. The van der Waals surface area contributed by atoms with Crippen LogP contribution in [0.2, 0.25) is 0 Å². The molecule has 1 fully saturated rings. The number of carbonyl (C=O) groups is 9. The first-order chi connectivity index (χ1) is 30.8. The Hall–Kier alpha value is -5.32. The maximum atomic E-state index is 13.8. The molecular weight excluding hydrogens is 865 g/mol. The summed E-state index contributed by atoms with van der Waals surface area (Å²) in [5, 5.41) is 37.0. The molecule has 0 aliphatic carbocycles. The first-order valence-electron chi connectivity index (χ1n) is 22.0. The van der Waals surface area contributed by atoms with Crippen LogP contribution in [0.1, 0.15) is 78.2 Å². The molecule has 0 spiro atoms. The van der Waals surface area contributed by atoms with Crippen molar-refractivity contribution in [2.75, 3.05) is 44.8 Å². The predicted octanol–water partition coefficient (Wildman–Crippen LogP) is -2.14. The highest BCUT2D eigenvalue weighted by atomic mass is 32.2. The maximum absolute atomic E-state index is 13.8. The molecule has 364 valence electrons. The molecule has 2 rings (SSSR count). The van der Waals surface area contributed by atoms with Crippen LogP contribution in [-0.4, -0.2) is 155 Å². The molecule has 0 aromatic heterocycles. The van der Waals surface area contributed by atoms with Gasteiger partial charge in [-0.15, -0.1) is 0 Å². The van der Waals surface area contributed by atoms with E-state index in [1.807, 2.05) is 20.1 Å². The quantitative estimate of drug-likeness (QED) is 0.0383. The fourth-order valence-corrected chi connectivity index (χ4v) is 7.43. The lowest BCUT2D eigenvalue weighted by Crippen LogP contribution is -2.58. The van der Waals surface area contributed by atoms with Crippen LogP contribution in [0.3, 0.4) is 0 Å². The zero-order chi connectivity index (χ0) is 48.6. The number of nitrogens with zero attached hydrogens (tertiary/aromatic N) is 1. The molecule has 0 bridgehead atoms. The third-order valence-corrected chi connectivity index (χ3v) is 11.2. The summed E-state index contributed by atoms with van der Waals surface area (Å²) in [4.78, 5) is 119. The molecule has 65 heavy (non-hydrogen) atoms. The standard InChI is InChI=1S/C43H70N10O11S/c1-25(2)20-31(51-37(57)28(45)24-54)38(58)47-23-35(56)53-18-11-15-33(53)41(61)52-36(26(3)4)42(62)46-22-34(55)48-32(21-27-12-7-6-8-13-27)40(60)49-29(16-19-65-5)39(59)50-30(43(63)64)14-9-10-17-44/h6-8,12-13,25-26,28-33,36,54H,9-11,14-24,44-45H2,1-5H3,(H,46,62)(H,47,58)(H,48,55)(H,49,60)(H,50,59)(H,51,57)(H,52,61)(H,63,64)/t28-,29-,30-,31-,32-,33-,36-/m0/s1. The highest BCUT2D eigenvalue weighted by Gasteiger charge is 2.37. The molecule has 22 heteroatoms. The van der Waals surface area contributed by atoms with Crippen molar-refractivity contribution in [1.82, 2.24) is 42.1 Å². The SMILES string of the molecule is CSCC[C@H](NC(=O)[C@H](Cc1ccccc1)NC(=O)CNC(=O)[C@@H](NC(=O)[C@@H]1CCCN1C(=O)CNC(=O)[C@H](CC(C)C)NC(=O)[C@@H](N)CO)C(C)C)C(=O)N[C@@H](CCCCN)C(=O)O. The number of aliphatic hydroxyl groups excluding tert-OH is 1. The molecule has 1 aromatic carbocycles. The third-order valence-electron chi connectivity index (χ3n) is 10.6. The number of aliphatic carboxylic acids is 1. The Labute approximate surface area is 384 Å². The number of rotatable bonds is 29. The molecule has 1 aliphatic rings. The number of carboxylic acids is 1. The number of thioether (sulfide) groups is 1. The van der Waals surface area contributed by atoms with E-state index in [2.05, 4.69) is 37.2 Å². The normalized spacial score (nSPS) is 16.3. The summed E-state index contributed by atoms with van der Waals surface area (Å²) in [5.74, 6) is -6.67. The van der Waals surface area contributed by atoms with Crippen LogP contribution in [0.4, 0.5) is 0 Å². The van der Waals surface area contributed by atoms with Crippen molar-refractivity contribution in [2.24, 2.45) is 23.3 Å². The number of likely N-dealkylation sites (tertiary alicyclic amines) is 1. The smallest absolute Gasteiger partial charge is 0.326 e. The zero-order valence-electron chi connectivity index (χ0n) is 38.1. The summed E-state index contributed by atoms with van der Waals surface area (Å²) in [6, 6.07) is 0.889. The summed E-state index contributed by atoms with van der Waals surface area (Å²) < 4.78 is 0. The molecule has 1 heterocycles. The highest BCUT2D eigenvalue weighted by molar-refractivity contribution is 7.98. The molecule has 1 aromatic rings. The lowest BCUT2D eigenvalue weighted by molar-refractivity contribution is -0.142. The van der Waals surface area contributed by atoms with E-state index in [1.54, 1.807) is 44.2 Å². The van der Waals surface area contributed by atoms with Crippen molar-refractivity contribution in [2.45, 2.75) is 121 Å². The number of hydrogen-bond donors (Lipinski definition) is 11. The Morgan fingerprint density at radius 3 is 2.00 bits per heavy atom. The van der Waals surface area contributed by atoms with E-state index in [1.165, 1.54) is 16.7 Å². The van der Waals surface area contributed by atoms with Crippen LogP contribution in [0.5, 0.6) is 0 Å². The van der Waals surface area contributed by atoms with Crippen molar-refractivity contribution >= 4 is 65.0 Å². The van der Waals surface area contributed by atoms with Crippen LogP contribution in [0.25, 0.3) is 0 Å². The van der Waals surface area contributed by atoms with Gasteiger partial charge in [0.2, 0.25) is 47.3 Å². The van der Waals surface area contributed by atoms with Gasteiger partial charge < -0.3 is 63.8 Å². The van der Waals surface area contributed by atoms with E-state index in [9.17, 15) is 53.4 Å². The molecule has 0 unspecified atom stereocenters. The number of unbranched alkanes of at least 4 members (excludes halogenated alkanes) is 1. The van der Waals surface area contributed by atoms with Crippen LogP contribution in [-0.2, 0) is 49.6 Å². The summed E-state index contributed by atoms with van der Waals surface area (Å²) in [7, 11) is 0. The first-order valence-corrected chi connectivity index (χ1v) is 23.4. The van der Waals surface area contributed by atoms with Gasteiger partial charge in [0.15, 0.2) is 0 Å². The predicted molar refractivity (Wildman–Crippen MR) is 243 cm³/mol. The van der Waals surface area contributed by atoms with Crippen LogP contribution >= 0.6 is 11.8 Å². The van der Waals surface area contributed by atoms with E-state index in [-0.39, 0.29) is 44.6 Å². The lowest BCUT2D eigenvalue weighted by atomic mass is 10.0. The monoisotopic (exact) mass is 934 g/mol. The molecule has 1 aliphatic heterocycles. The van der Waals surface area contributed by atoms with E-state index < -0.39 is 121 Å². The fourth-order valence-electron chi connectivity index (χ4n) is 6.96. The Kier molecular flexibility index (Phi) is 25.1. The third kappa shape index (κ3) is 19.8. The van der Waals surface area contributed by atoms with Crippen LogP contribution in [0.15, 0.2) is 30.3 Å². The molecule has 21 nitrogen and oxygen atoms in total. The minimum Gasteiger partial charge on any atom is -0.480 e. The molecule has 0 radical (unpaired) electrons. The number of aliphatic hydroxyl groups is 1. The maximum Gasteiger partial charge on any atom is 0.326 e. The van der Waals surface area contributed by atoms with Gasteiger partial charge in [-0.05, 0) is 80.9 Å². The van der Waals surface area contributed by atoms with E-state index in [0.717, 1.165) is 0 Å². The van der Waals surface area contributed by atoms with Gasteiger partial charge in [-0.3, -0.25) is 38.4 Å². The second kappa shape index (κ2) is 29.3. The Morgan fingerprint density at radius 2 is 1.40 bits per heavy atom. The zero-order valence-corrected chi connectivity index (χ0v) is 38.9. The average Bonchev–Trinajstić information content (AvgIpc) is 3.77. The van der Waals surface area contributed by atoms with Gasteiger partial charge in [0.1, 0.15) is 42.3 Å². The number of amides is 8. The average molecular weight is 935 g/mol. The summed E-state index contributed by atoms with van der Waals surface area (Å²) in [5.41, 5.74) is 11.8. The van der Waals surface area contributed by atoms with Gasteiger partial charge in [-0.25, -0.2) is 4.79 Å². The van der Waals surface area contributed by atoms with E-state index in [0.29, 0.717) is 37.1 Å². The molecule has 1 saturated heterocycles. The first kappa shape index (κ1) is 55.8. The largest absolute Gasteiger partial charge is 0.480 e. The molecule has 13 N–H and O–H groups in total. The Bertz CT molecular complexity index is 1760. The summed E-state index contributed by atoms with van der Waals surface area (Å²) in [6.45, 7) is 5.93. The number of carboxylic acid groups (broad SMARTS) is 1. The minimum atomic E-state index is -1.23. The number of carbonyl (C=O) groups excluding carboxylic acids is 8. The summed E-state index contributed by atoms with van der Waals surface area (Å²) in [6.07, 6.45) is 4.18. The molecule has 0 saturated carbocycles. The second-order valence-electron chi connectivity index (χ2n) is 16.7. The molecule has 8 amide bonds. The van der Waals surface area contributed by atoms with Gasteiger partial charge in [0.25, 0.3) is 0 Å². The highest BCUT2D eigenvalue weighted by Crippen LogP contribution is 2.19. The van der Waals surface area contributed by atoms with Gasteiger partial charge in [-0.2, -0.15) is 11.8 Å². The number of hydrogen-bond acceptors (Lipinski definition) is 13. The number of nitrogens with one attached hydrogen (secondary N) is 7. The summed E-state index contributed by atoms with van der Waals surface area (Å²) >= 11 is 1.42. The lowest BCUT2D eigenvalue weighted by Gasteiger charge is -2.28. The van der Waals surface area contributed by atoms with Crippen molar-refractivity contribution < 1.29 is 53.4 Å². The van der Waals surface area contributed by atoms with Crippen molar-refractivity contribution in [3.63, 3.8) is 0 Å². The Balaban J connectivity index is 2.12. The van der Waals surface area contributed by atoms with Crippen LogP contribution < -0.4 is 48.7 Å². The topological polar surface area (TPSA) is 334 Å². The molecule has 7 atom stereocenters. The molecular formula is C43H70N10O11S. The van der Waals surface area contributed by atoms with Crippen molar-refractivity contribution in [3.8, 4) is 0 Å². The van der Waals surface area contributed by atoms with Gasteiger partial charge in [0.05, 0.1) is 19.7 Å². The van der Waals surface area contributed by atoms with Gasteiger partial charge >= 0.3 is 5.97 Å². The van der Waals surface area contributed by atoms with Gasteiger partial charge in [-0.1, -0.05) is 58.0 Å². The van der Waals surface area contributed by atoms with Gasteiger partial charge in [0, 0.05) is 13.0 Å².